The standard InChI is InChI=1S/C14H16FN3/c1-9(2)13-12-7-8-16-14(12)18(17-13)11-5-3-10(15)4-6-11/h3-6,9,16H,7-8H2,1-2H3. The highest BCUT2D eigenvalue weighted by Gasteiger charge is 2.24. The molecular weight excluding hydrogens is 229 g/mol. The van der Waals surface area contributed by atoms with Crippen molar-refractivity contribution < 1.29 is 4.39 Å². The second-order valence-electron chi connectivity index (χ2n) is 4.93. The van der Waals surface area contributed by atoms with Gasteiger partial charge in [0.2, 0.25) is 0 Å². The van der Waals surface area contributed by atoms with Gasteiger partial charge in [-0.2, -0.15) is 5.10 Å². The zero-order chi connectivity index (χ0) is 12.7. The number of hydrogen-bond donors (Lipinski definition) is 1. The lowest BCUT2D eigenvalue weighted by molar-refractivity contribution is 0.627. The summed E-state index contributed by atoms with van der Waals surface area (Å²) >= 11 is 0. The molecule has 0 spiro atoms. The fourth-order valence-electron chi connectivity index (χ4n) is 2.43. The molecule has 0 bridgehead atoms. The van der Waals surface area contributed by atoms with Gasteiger partial charge in [0, 0.05) is 12.1 Å². The van der Waals surface area contributed by atoms with Gasteiger partial charge in [-0.1, -0.05) is 13.8 Å². The summed E-state index contributed by atoms with van der Waals surface area (Å²) in [6.07, 6.45) is 1.02. The van der Waals surface area contributed by atoms with Crippen molar-refractivity contribution in [2.24, 2.45) is 0 Å². The van der Waals surface area contributed by atoms with Gasteiger partial charge in [0.25, 0.3) is 0 Å². The van der Waals surface area contributed by atoms with Gasteiger partial charge in [-0.25, -0.2) is 9.07 Å². The highest BCUT2D eigenvalue weighted by molar-refractivity contribution is 5.57. The summed E-state index contributed by atoms with van der Waals surface area (Å²) in [4.78, 5) is 0. The van der Waals surface area contributed by atoms with Gasteiger partial charge in [-0.3, -0.25) is 0 Å². The molecule has 0 aliphatic carbocycles. The molecule has 0 radical (unpaired) electrons. The van der Waals surface area contributed by atoms with Gasteiger partial charge < -0.3 is 5.32 Å². The molecule has 18 heavy (non-hydrogen) atoms. The summed E-state index contributed by atoms with van der Waals surface area (Å²) in [5.41, 5.74) is 3.34. The van der Waals surface area contributed by atoms with Gasteiger partial charge in [-0.15, -0.1) is 0 Å². The van der Waals surface area contributed by atoms with E-state index >= 15 is 0 Å². The molecule has 1 aromatic carbocycles. The molecule has 0 fully saturated rings. The molecule has 1 aromatic heterocycles. The minimum atomic E-state index is -0.223. The minimum absolute atomic E-state index is 0.223. The first kappa shape index (κ1) is 11.3. The van der Waals surface area contributed by atoms with Gasteiger partial charge in [-0.05, 0) is 36.6 Å². The van der Waals surface area contributed by atoms with E-state index in [9.17, 15) is 4.39 Å². The van der Waals surface area contributed by atoms with Crippen LogP contribution in [0.2, 0.25) is 0 Å². The number of fused-ring (bicyclic) bond motifs is 1. The number of anilines is 1. The molecule has 0 amide bonds. The zero-order valence-electron chi connectivity index (χ0n) is 10.6. The van der Waals surface area contributed by atoms with Crippen LogP contribution in [0.1, 0.15) is 31.0 Å². The van der Waals surface area contributed by atoms with Gasteiger partial charge in [0.05, 0.1) is 11.4 Å². The SMILES string of the molecule is CC(C)c1nn(-c2ccc(F)cc2)c2c1CCN2. The summed E-state index contributed by atoms with van der Waals surface area (Å²) in [7, 11) is 0. The van der Waals surface area contributed by atoms with E-state index in [0.29, 0.717) is 5.92 Å². The Hall–Kier alpha value is -1.84. The summed E-state index contributed by atoms with van der Waals surface area (Å²) in [5.74, 6) is 1.24. The smallest absolute Gasteiger partial charge is 0.133 e. The molecule has 94 valence electrons. The summed E-state index contributed by atoms with van der Waals surface area (Å²) < 4.78 is 14.9. The molecular formula is C14H16FN3. The minimum Gasteiger partial charge on any atom is -0.369 e. The van der Waals surface area contributed by atoms with Gasteiger partial charge in [0.1, 0.15) is 11.6 Å². The lowest BCUT2D eigenvalue weighted by Crippen LogP contribution is -2.05. The molecule has 0 unspecified atom stereocenters. The van der Waals surface area contributed by atoms with E-state index in [2.05, 4.69) is 24.3 Å². The molecule has 1 aliphatic rings. The van der Waals surface area contributed by atoms with Crippen molar-refractivity contribution >= 4 is 5.82 Å². The van der Waals surface area contributed by atoms with E-state index in [1.807, 2.05) is 4.68 Å². The van der Waals surface area contributed by atoms with E-state index in [-0.39, 0.29) is 5.82 Å². The Morgan fingerprint density at radius 3 is 2.67 bits per heavy atom. The third kappa shape index (κ3) is 1.68. The first-order chi connectivity index (χ1) is 8.66. The number of aromatic nitrogens is 2. The monoisotopic (exact) mass is 245 g/mol. The van der Waals surface area contributed by atoms with E-state index in [1.54, 1.807) is 12.1 Å². The Labute approximate surface area is 106 Å². The Morgan fingerprint density at radius 2 is 2.00 bits per heavy atom. The molecule has 2 heterocycles. The Balaban J connectivity index is 2.13. The number of nitrogens with zero attached hydrogens (tertiary/aromatic N) is 2. The number of nitrogens with one attached hydrogen (secondary N) is 1. The maximum absolute atomic E-state index is 13.0. The summed E-state index contributed by atoms with van der Waals surface area (Å²) in [6.45, 7) is 5.25. The molecule has 4 heteroatoms. The topological polar surface area (TPSA) is 29.9 Å². The fourth-order valence-corrected chi connectivity index (χ4v) is 2.43. The van der Waals surface area contributed by atoms with E-state index in [1.165, 1.54) is 17.7 Å². The Bertz CT molecular complexity index is 569. The molecule has 1 aliphatic heterocycles. The zero-order valence-corrected chi connectivity index (χ0v) is 10.6. The highest BCUT2D eigenvalue weighted by Crippen LogP contribution is 2.32. The normalized spacial score (nSPS) is 13.8. The molecule has 0 atom stereocenters. The van der Waals surface area contributed by atoms with E-state index in [0.717, 1.165) is 30.2 Å². The quantitative estimate of drug-likeness (QED) is 0.881. The van der Waals surface area contributed by atoms with Crippen LogP contribution in [-0.4, -0.2) is 16.3 Å². The average Bonchev–Trinajstić information content (AvgIpc) is 2.91. The molecule has 3 nitrogen and oxygen atoms in total. The van der Waals surface area contributed by atoms with Crippen molar-refractivity contribution in [3.63, 3.8) is 0 Å². The van der Waals surface area contributed by atoms with Crippen LogP contribution in [0.5, 0.6) is 0 Å². The van der Waals surface area contributed by atoms with Crippen LogP contribution < -0.4 is 5.32 Å². The number of rotatable bonds is 2. The Kier molecular flexibility index (Phi) is 2.58. The van der Waals surface area contributed by atoms with Crippen LogP contribution in [0, 0.1) is 5.82 Å². The molecule has 0 saturated heterocycles. The highest BCUT2D eigenvalue weighted by atomic mass is 19.1. The van der Waals surface area contributed by atoms with Crippen molar-refractivity contribution in [1.82, 2.24) is 9.78 Å². The Morgan fingerprint density at radius 1 is 1.28 bits per heavy atom. The van der Waals surface area contributed by atoms with Crippen LogP contribution in [0.3, 0.4) is 0 Å². The van der Waals surface area contributed by atoms with Crippen LogP contribution in [0.25, 0.3) is 5.69 Å². The fraction of sp³-hybridized carbons (Fsp3) is 0.357. The lowest BCUT2D eigenvalue weighted by Gasteiger charge is -2.06. The first-order valence-electron chi connectivity index (χ1n) is 6.28. The second-order valence-corrected chi connectivity index (χ2v) is 4.93. The second kappa shape index (κ2) is 4.12. The largest absolute Gasteiger partial charge is 0.369 e. The maximum atomic E-state index is 13.0. The number of halogens is 1. The maximum Gasteiger partial charge on any atom is 0.133 e. The van der Waals surface area contributed by atoms with Crippen LogP contribution >= 0.6 is 0 Å². The van der Waals surface area contributed by atoms with Gasteiger partial charge >= 0.3 is 0 Å². The van der Waals surface area contributed by atoms with Gasteiger partial charge in [0.15, 0.2) is 0 Å². The predicted molar refractivity (Wildman–Crippen MR) is 69.8 cm³/mol. The first-order valence-corrected chi connectivity index (χ1v) is 6.28. The predicted octanol–water partition coefficient (Wildman–Crippen LogP) is 3.10. The van der Waals surface area contributed by atoms with Crippen molar-refractivity contribution in [3.05, 3.63) is 41.3 Å². The number of benzene rings is 1. The van der Waals surface area contributed by atoms with Crippen molar-refractivity contribution in [1.29, 1.82) is 0 Å². The van der Waals surface area contributed by atoms with E-state index in [4.69, 9.17) is 0 Å². The van der Waals surface area contributed by atoms with Crippen LogP contribution in [0.4, 0.5) is 10.2 Å². The third-order valence-corrected chi connectivity index (χ3v) is 3.30. The molecule has 3 rings (SSSR count). The van der Waals surface area contributed by atoms with E-state index < -0.39 is 0 Å². The number of hydrogen-bond acceptors (Lipinski definition) is 2. The molecule has 1 N–H and O–H groups in total. The third-order valence-electron chi connectivity index (χ3n) is 3.30. The summed E-state index contributed by atoms with van der Waals surface area (Å²) in [6, 6.07) is 6.44. The molecule has 2 aromatic rings. The van der Waals surface area contributed by atoms with Crippen LogP contribution in [0.15, 0.2) is 24.3 Å². The lowest BCUT2D eigenvalue weighted by atomic mass is 10.1. The van der Waals surface area contributed by atoms with Crippen LogP contribution in [-0.2, 0) is 6.42 Å². The van der Waals surface area contributed by atoms with Crippen molar-refractivity contribution in [3.8, 4) is 5.69 Å². The average molecular weight is 245 g/mol. The summed E-state index contributed by atoms with van der Waals surface area (Å²) in [5, 5.41) is 8.03. The van der Waals surface area contributed by atoms with Crippen molar-refractivity contribution in [2.45, 2.75) is 26.2 Å². The van der Waals surface area contributed by atoms with Crippen molar-refractivity contribution in [2.75, 3.05) is 11.9 Å². The molecule has 0 saturated carbocycles.